The third-order valence-electron chi connectivity index (χ3n) is 3.44. The summed E-state index contributed by atoms with van der Waals surface area (Å²) in [5.41, 5.74) is 0.507. The van der Waals surface area contributed by atoms with Crippen LogP contribution < -0.4 is 10.1 Å². The van der Waals surface area contributed by atoms with E-state index in [2.05, 4.69) is 15.3 Å². The predicted octanol–water partition coefficient (Wildman–Crippen LogP) is 4.79. The minimum absolute atomic E-state index is 0.111. The summed E-state index contributed by atoms with van der Waals surface area (Å²) in [5.74, 6) is 0.0771. The molecule has 0 unspecified atom stereocenters. The first kappa shape index (κ1) is 19.6. The van der Waals surface area contributed by atoms with Crippen LogP contribution in [0.5, 0.6) is 5.75 Å². The lowest BCUT2D eigenvalue weighted by Gasteiger charge is -2.05. The van der Waals surface area contributed by atoms with E-state index in [0.717, 1.165) is 16.6 Å². The largest absolute Gasteiger partial charge is 0.487 e. The number of nitrogens with one attached hydrogen (secondary N) is 1. The highest BCUT2D eigenvalue weighted by atomic mass is 32.1. The molecule has 1 aromatic carbocycles. The van der Waals surface area contributed by atoms with E-state index in [-0.39, 0.29) is 5.13 Å². The van der Waals surface area contributed by atoms with Gasteiger partial charge in [0.2, 0.25) is 5.91 Å². The van der Waals surface area contributed by atoms with E-state index >= 15 is 0 Å². The quantitative estimate of drug-likeness (QED) is 0.599. The molecule has 2 heterocycles. The zero-order valence-corrected chi connectivity index (χ0v) is 15.1. The molecule has 5 nitrogen and oxygen atoms in total. The molecule has 144 valence electrons. The van der Waals surface area contributed by atoms with Gasteiger partial charge in [-0.3, -0.25) is 15.1 Å². The molecule has 0 aliphatic rings. The fourth-order valence-electron chi connectivity index (χ4n) is 2.10. The molecular weight excluding hydrogens is 391 g/mol. The van der Waals surface area contributed by atoms with Crippen molar-refractivity contribution >= 4 is 28.5 Å². The second-order valence-corrected chi connectivity index (χ2v) is 6.40. The first-order valence-corrected chi connectivity index (χ1v) is 8.93. The number of hydrogen-bond acceptors (Lipinski definition) is 5. The summed E-state index contributed by atoms with van der Waals surface area (Å²) in [5, 5.41) is 3.04. The summed E-state index contributed by atoms with van der Waals surface area (Å²) in [6, 6.07) is 12.6. The van der Waals surface area contributed by atoms with Crippen LogP contribution in [0.4, 0.5) is 18.3 Å². The maximum Gasteiger partial charge on any atom is 0.434 e. The highest BCUT2D eigenvalue weighted by Gasteiger charge is 2.33. The fraction of sp³-hybridized carbons (Fsp3) is 0.105. The Morgan fingerprint density at radius 2 is 1.96 bits per heavy atom. The van der Waals surface area contributed by atoms with Gasteiger partial charge in [0.1, 0.15) is 12.4 Å². The van der Waals surface area contributed by atoms with Gasteiger partial charge in [0.15, 0.2) is 10.8 Å². The van der Waals surface area contributed by atoms with Crippen molar-refractivity contribution in [2.24, 2.45) is 0 Å². The number of aromatic nitrogens is 2. The average molecular weight is 405 g/mol. The SMILES string of the molecule is O=C(/C=C/c1ccc(OCc2ccccn2)cc1)Nc1nc(C(F)(F)F)cs1. The zero-order chi connectivity index (χ0) is 20.0. The number of pyridine rings is 1. The average Bonchev–Trinajstić information content (AvgIpc) is 3.15. The van der Waals surface area contributed by atoms with E-state index in [1.165, 1.54) is 12.2 Å². The van der Waals surface area contributed by atoms with Crippen LogP contribution in [0.1, 0.15) is 17.0 Å². The van der Waals surface area contributed by atoms with Gasteiger partial charge in [-0.25, -0.2) is 4.98 Å². The van der Waals surface area contributed by atoms with E-state index < -0.39 is 17.8 Å². The Morgan fingerprint density at radius 3 is 2.61 bits per heavy atom. The number of halogens is 3. The summed E-state index contributed by atoms with van der Waals surface area (Å²) >= 11 is 0.713. The minimum Gasteiger partial charge on any atom is -0.487 e. The van der Waals surface area contributed by atoms with Crippen LogP contribution in [-0.4, -0.2) is 15.9 Å². The van der Waals surface area contributed by atoms with Crippen molar-refractivity contribution in [1.29, 1.82) is 0 Å². The van der Waals surface area contributed by atoms with Gasteiger partial charge in [0, 0.05) is 17.7 Å². The number of ether oxygens (including phenoxy) is 1. The van der Waals surface area contributed by atoms with Crippen molar-refractivity contribution in [3.8, 4) is 5.75 Å². The van der Waals surface area contributed by atoms with Gasteiger partial charge in [-0.05, 0) is 35.9 Å². The number of nitrogens with zero attached hydrogens (tertiary/aromatic N) is 2. The summed E-state index contributed by atoms with van der Waals surface area (Å²) in [6.45, 7) is 0.339. The van der Waals surface area contributed by atoms with Crippen molar-refractivity contribution in [3.05, 3.63) is 77.1 Å². The van der Waals surface area contributed by atoms with Crippen molar-refractivity contribution in [2.75, 3.05) is 5.32 Å². The van der Waals surface area contributed by atoms with Gasteiger partial charge < -0.3 is 4.74 Å². The van der Waals surface area contributed by atoms with Gasteiger partial charge in [0.05, 0.1) is 5.69 Å². The molecule has 0 radical (unpaired) electrons. The normalized spacial score (nSPS) is 11.5. The number of alkyl halides is 3. The van der Waals surface area contributed by atoms with Crippen molar-refractivity contribution in [1.82, 2.24) is 9.97 Å². The van der Waals surface area contributed by atoms with Gasteiger partial charge in [0.25, 0.3) is 0 Å². The van der Waals surface area contributed by atoms with Crippen molar-refractivity contribution in [2.45, 2.75) is 12.8 Å². The molecule has 9 heteroatoms. The molecule has 3 rings (SSSR count). The highest BCUT2D eigenvalue weighted by molar-refractivity contribution is 7.14. The first-order chi connectivity index (χ1) is 13.4. The number of benzene rings is 1. The molecule has 1 N–H and O–H groups in total. The maximum atomic E-state index is 12.5. The Morgan fingerprint density at radius 1 is 1.18 bits per heavy atom. The molecule has 0 aliphatic carbocycles. The molecule has 0 atom stereocenters. The molecule has 0 bridgehead atoms. The second kappa shape index (κ2) is 8.66. The van der Waals surface area contributed by atoms with E-state index in [0.29, 0.717) is 23.7 Å². The van der Waals surface area contributed by atoms with Crippen LogP contribution in [0.3, 0.4) is 0 Å². The monoisotopic (exact) mass is 405 g/mol. The first-order valence-electron chi connectivity index (χ1n) is 8.05. The molecule has 0 fully saturated rings. The Kier molecular flexibility index (Phi) is 6.05. The Bertz CT molecular complexity index is 955. The predicted molar refractivity (Wildman–Crippen MR) is 99.8 cm³/mol. The highest BCUT2D eigenvalue weighted by Crippen LogP contribution is 2.31. The Hall–Kier alpha value is -3.20. The lowest BCUT2D eigenvalue weighted by Crippen LogP contribution is -2.09. The second-order valence-electron chi connectivity index (χ2n) is 5.54. The van der Waals surface area contributed by atoms with Crippen LogP contribution in [0.25, 0.3) is 6.08 Å². The molecule has 0 spiro atoms. The summed E-state index contributed by atoms with van der Waals surface area (Å²) in [7, 11) is 0. The Labute approximate surface area is 162 Å². The van der Waals surface area contributed by atoms with Crippen LogP contribution >= 0.6 is 11.3 Å². The number of hydrogen-bond donors (Lipinski definition) is 1. The molecule has 0 saturated carbocycles. The number of carbonyl (C=O) groups is 1. The maximum absolute atomic E-state index is 12.5. The van der Waals surface area contributed by atoms with Crippen LogP contribution in [0.15, 0.2) is 60.1 Å². The number of rotatable bonds is 6. The third-order valence-corrected chi connectivity index (χ3v) is 4.20. The number of anilines is 1. The van der Waals surface area contributed by atoms with E-state index in [9.17, 15) is 18.0 Å². The number of carbonyl (C=O) groups excluding carboxylic acids is 1. The van der Waals surface area contributed by atoms with Gasteiger partial charge >= 0.3 is 6.18 Å². The van der Waals surface area contributed by atoms with Gasteiger partial charge in [-0.2, -0.15) is 13.2 Å². The van der Waals surface area contributed by atoms with Crippen LogP contribution in [0.2, 0.25) is 0 Å². The van der Waals surface area contributed by atoms with Crippen LogP contribution in [0, 0.1) is 0 Å². The summed E-state index contributed by atoms with van der Waals surface area (Å²) in [6.07, 6.45) is -0.0858. The number of amides is 1. The van der Waals surface area contributed by atoms with Gasteiger partial charge in [-0.1, -0.05) is 18.2 Å². The smallest absolute Gasteiger partial charge is 0.434 e. The molecule has 0 aliphatic heterocycles. The van der Waals surface area contributed by atoms with E-state index in [1.54, 1.807) is 30.5 Å². The molecule has 2 aromatic heterocycles. The fourth-order valence-corrected chi connectivity index (χ4v) is 2.82. The minimum atomic E-state index is -4.53. The zero-order valence-electron chi connectivity index (χ0n) is 14.3. The lowest BCUT2D eigenvalue weighted by atomic mass is 10.2. The standard InChI is InChI=1S/C19H14F3N3O2S/c20-19(21,22)16-12-28-18(24-16)25-17(26)9-6-13-4-7-15(8-5-13)27-11-14-3-1-2-10-23-14/h1-10,12H,11H2,(H,24,25,26)/b9-6+. The van der Waals surface area contributed by atoms with Crippen molar-refractivity contribution < 1.29 is 22.7 Å². The number of thiazole rings is 1. The van der Waals surface area contributed by atoms with E-state index in [1.807, 2.05) is 18.2 Å². The van der Waals surface area contributed by atoms with E-state index in [4.69, 9.17) is 4.74 Å². The van der Waals surface area contributed by atoms with Crippen LogP contribution in [-0.2, 0) is 17.6 Å². The molecule has 0 saturated heterocycles. The summed E-state index contributed by atoms with van der Waals surface area (Å²) in [4.78, 5) is 19.3. The van der Waals surface area contributed by atoms with Crippen molar-refractivity contribution in [3.63, 3.8) is 0 Å². The topological polar surface area (TPSA) is 64.1 Å². The Balaban J connectivity index is 1.52. The van der Waals surface area contributed by atoms with Gasteiger partial charge in [-0.15, -0.1) is 11.3 Å². The summed E-state index contributed by atoms with van der Waals surface area (Å²) < 4.78 is 43.1. The molecule has 3 aromatic rings. The molecule has 28 heavy (non-hydrogen) atoms. The third kappa shape index (κ3) is 5.65. The molecule has 1 amide bonds. The lowest BCUT2D eigenvalue weighted by molar-refractivity contribution is -0.140. The molecular formula is C19H14F3N3O2S.